The zero-order valence-corrected chi connectivity index (χ0v) is 16.0. The number of nitrogens with zero attached hydrogens (tertiary/aromatic N) is 4. The number of aromatic nitrogens is 4. The number of fused-ring (bicyclic) bond motifs is 4. The van der Waals surface area contributed by atoms with Gasteiger partial charge in [0.2, 0.25) is 5.91 Å². The number of rotatable bonds is 2. The van der Waals surface area contributed by atoms with Crippen molar-refractivity contribution in [2.24, 2.45) is 0 Å². The van der Waals surface area contributed by atoms with E-state index < -0.39 is 0 Å². The molecule has 0 bridgehead atoms. The summed E-state index contributed by atoms with van der Waals surface area (Å²) in [5.41, 5.74) is 3.65. The van der Waals surface area contributed by atoms with E-state index in [1.165, 1.54) is 23.8 Å². The van der Waals surface area contributed by atoms with Crippen LogP contribution in [0.3, 0.4) is 0 Å². The van der Waals surface area contributed by atoms with E-state index in [0.717, 1.165) is 68.2 Å². The van der Waals surface area contributed by atoms with Crippen LogP contribution in [0.1, 0.15) is 60.4 Å². The summed E-state index contributed by atoms with van der Waals surface area (Å²) >= 11 is 0. The molecule has 1 fully saturated rings. The topological polar surface area (TPSA) is 66.8 Å². The summed E-state index contributed by atoms with van der Waals surface area (Å²) in [5, 5.41) is 5.99. The van der Waals surface area contributed by atoms with E-state index in [1.54, 1.807) is 0 Å². The first kappa shape index (κ1) is 16.3. The molecule has 0 radical (unpaired) electrons. The van der Waals surface area contributed by atoms with E-state index >= 15 is 0 Å². The Kier molecular flexibility index (Phi) is 3.61. The molecule has 1 aliphatic heterocycles. The Hall–Kier alpha value is -2.63. The lowest BCUT2D eigenvalue weighted by Gasteiger charge is -2.28. The van der Waals surface area contributed by atoms with Crippen LogP contribution in [-0.4, -0.2) is 43.6 Å². The normalized spacial score (nSPS) is 22.0. The van der Waals surface area contributed by atoms with Crippen molar-refractivity contribution in [1.82, 2.24) is 24.6 Å². The Bertz CT molecular complexity index is 1030. The van der Waals surface area contributed by atoms with Crippen LogP contribution in [0, 0.1) is 0 Å². The first-order valence-corrected chi connectivity index (χ1v) is 10.6. The van der Waals surface area contributed by atoms with Gasteiger partial charge in [-0.05, 0) is 43.7 Å². The molecule has 6 nitrogen and oxygen atoms in total. The molecule has 1 saturated carbocycles. The van der Waals surface area contributed by atoms with Crippen LogP contribution < -0.4 is 0 Å². The number of aromatic amines is 1. The maximum atomic E-state index is 13.5. The number of benzene rings is 1. The molecule has 144 valence electrons. The molecule has 0 spiro atoms. The maximum absolute atomic E-state index is 13.5. The van der Waals surface area contributed by atoms with Crippen molar-refractivity contribution < 1.29 is 4.79 Å². The zero-order valence-electron chi connectivity index (χ0n) is 16.0. The van der Waals surface area contributed by atoms with Gasteiger partial charge in [0.25, 0.3) is 0 Å². The second kappa shape index (κ2) is 6.19. The zero-order chi connectivity index (χ0) is 18.7. The fourth-order valence-electron chi connectivity index (χ4n) is 4.94. The van der Waals surface area contributed by atoms with Gasteiger partial charge in [-0.15, -0.1) is 0 Å². The molecular formula is C22H25N5O. The largest absolute Gasteiger partial charge is 0.357 e. The van der Waals surface area contributed by atoms with Crippen LogP contribution in [-0.2, 0) is 24.2 Å². The highest BCUT2D eigenvalue weighted by atomic mass is 16.2. The summed E-state index contributed by atoms with van der Waals surface area (Å²) < 4.78 is 2.04. The number of para-hydroxylation sites is 1. The number of amides is 1. The fourth-order valence-corrected chi connectivity index (χ4v) is 4.94. The van der Waals surface area contributed by atoms with E-state index in [2.05, 4.69) is 29.2 Å². The number of carbonyl (C=O) groups excluding carboxylic acids is 1. The standard InChI is InChI=1S/C22H25N5O/c28-22(17-6-3-5-16-15-4-1-2-7-18(15)23-20(16)17)26-11-10-19-24-21(14-8-9-14)25-27(19)13-12-26/h1-2,4,7,14,17,23H,3,5-6,8-13H2. The number of hydrogen-bond acceptors (Lipinski definition) is 3. The minimum absolute atomic E-state index is 0.0449. The Morgan fingerprint density at radius 3 is 2.86 bits per heavy atom. The lowest BCUT2D eigenvalue weighted by molar-refractivity contribution is -0.133. The van der Waals surface area contributed by atoms with Gasteiger partial charge in [0.05, 0.1) is 12.5 Å². The smallest absolute Gasteiger partial charge is 0.231 e. The predicted molar refractivity (Wildman–Crippen MR) is 106 cm³/mol. The van der Waals surface area contributed by atoms with Gasteiger partial charge < -0.3 is 9.88 Å². The third-order valence-corrected chi connectivity index (χ3v) is 6.62. The van der Waals surface area contributed by atoms with E-state index in [9.17, 15) is 4.79 Å². The number of nitrogens with one attached hydrogen (secondary N) is 1. The lowest BCUT2D eigenvalue weighted by Crippen LogP contribution is -2.38. The first-order valence-electron chi connectivity index (χ1n) is 10.6. The number of carbonyl (C=O) groups is 1. The van der Waals surface area contributed by atoms with E-state index in [0.29, 0.717) is 5.92 Å². The van der Waals surface area contributed by atoms with Crippen LogP contribution >= 0.6 is 0 Å². The van der Waals surface area contributed by atoms with Crippen LogP contribution in [0.15, 0.2) is 24.3 Å². The van der Waals surface area contributed by atoms with Crippen molar-refractivity contribution >= 4 is 16.8 Å². The molecule has 28 heavy (non-hydrogen) atoms. The Balaban J connectivity index is 1.25. The lowest BCUT2D eigenvalue weighted by atomic mass is 9.86. The number of H-pyrrole nitrogens is 1. The first-order chi connectivity index (χ1) is 13.8. The van der Waals surface area contributed by atoms with Gasteiger partial charge >= 0.3 is 0 Å². The maximum Gasteiger partial charge on any atom is 0.231 e. The molecular weight excluding hydrogens is 350 g/mol. The van der Waals surface area contributed by atoms with E-state index in [-0.39, 0.29) is 11.8 Å². The Morgan fingerprint density at radius 2 is 1.96 bits per heavy atom. The van der Waals surface area contributed by atoms with Gasteiger partial charge in [-0.2, -0.15) is 5.10 Å². The summed E-state index contributed by atoms with van der Waals surface area (Å²) in [7, 11) is 0. The highest BCUT2D eigenvalue weighted by Gasteiger charge is 2.34. The van der Waals surface area contributed by atoms with Crippen LogP contribution in [0.2, 0.25) is 0 Å². The van der Waals surface area contributed by atoms with Crippen molar-refractivity contribution in [1.29, 1.82) is 0 Å². The highest BCUT2D eigenvalue weighted by Crippen LogP contribution is 2.39. The molecule has 1 aromatic carbocycles. The predicted octanol–water partition coefficient (Wildman–Crippen LogP) is 3.14. The molecule has 0 saturated heterocycles. The second-order valence-electron chi connectivity index (χ2n) is 8.47. The number of aryl methyl sites for hydroxylation is 1. The van der Waals surface area contributed by atoms with Gasteiger partial charge in [-0.3, -0.25) is 4.79 Å². The van der Waals surface area contributed by atoms with Crippen LogP contribution in [0.5, 0.6) is 0 Å². The monoisotopic (exact) mass is 375 g/mol. The SMILES string of the molecule is O=C(C1CCCc2c1[nH]c1ccccc21)N1CCc2nc(C3CC3)nn2CC1. The van der Waals surface area contributed by atoms with Crippen molar-refractivity contribution in [2.75, 3.05) is 13.1 Å². The van der Waals surface area contributed by atoms with Crippen LogP contribution in [0.4, 0.5) is 0 Å². The van der Waals surface area contributed by atoms with Gasteiger partial charge in [-0.1, -0.05) is 18.2 Å². The Morgan fingerprint density at radius 1 is 1.07 bits per heavy atom. The molecule has 6 rings (SSSR count). The summed E-state index contributed by atoms with van der Waals surface area (Å²) in [6.07, 6.45) is 6.33. The molecule has 1 atom stereocenters. The number of hydrogen-bond donors (Lipinski definition) is 1. The second-order valence-corrected chi connectivity index (χ2v) is 8.47. The van der Waals surface area contributed by atoms with Gasteiger partial charge in [0.15, 0.2) is 5.82 Å². The Labute approximate surface area is 163 Å². The van der Waals surface area contributed by atoms with Crippen molar-refractivity contribution in [3.05, 3.63) is 47.2 Å². The molecule has 6 heteroatoms. The molecule has 1 amide bonds. The minimum Gasteiger partial charge on any atom is -0.357 e. The van der Waals surface area contributed by atoms with Gasteiger partial charge in [0, 0.05) is 42.0 Å². The summed E-state index contributed by atoms with van der Waals surface area (Å²) in [6, 6.07) is 8.43. The third-order valence-electron chi connectivity index (χ3n) is 6.62. The summed E-state index contributed by atoms with van der Waals surface area (Å²) in [4.78, 5) is 23.8. The van der Waals surface area contributed by atoms with Crippen molar-refractivity contribution in [3.8, 4) is 0 Å². The summed E-state index contributed by atoms with van der Waals surface area (Å²) in [6.45, 7) is 2.23. The molecule has 1 unspecified atom stereocenters. The summed E-state index contributed by atoms with van der Waals surface area (Å²) in [5.74, 6) is 2.87. The van der Waals surface area contributed by atoms with Crippen molar-refractivity contribution in [3.63, 3.8) is 0 Å². The third kappa shape index (κ3) is 2.58. The van der Waals surface area contributed by atoms with Crippen molar-refractivity contribution in [2.45, 2.75) is 56.9 Å². The highest BCUT2D eigenvalue weighted by molar-refractivity contribution is 5.90. The van der Waals surface area contributed by atoms with Gasteiger partial charge in [0.1, 0.15) is 5.82 Å². The average molecular weight is 375 g/mol. The minimum atomic E-state index is -0.0449. The molecule has 3 heterocycles. The van der Waals surface area contributed by atoms with E-state index in [1.807, 2.05) is 9.58 Å². The van der Waals surface area contributed by atoms with Gasteiger partial charge in [-0.25, -0.2) is 9.67 Å². The molecule has 2 aromatic heterocycles. The average Bonchev–Trinajstić information content (AvgIpc) is 3.44. The van der Waals surface area contributed by atoms with E-state index in [4.69, 9.17) is 10.1 Å². The molecule has 3 aliphatic rings. The molecule has 2 aliphatic carbocycles. The quantitative estimate of drug-likeness (QED) is 0.748. The fraction of sp³-hybridized carbons (Fsp3) is 0.500. The molecule has 1 N–H and O–H groups in total. The molecule has 3 aromatic rings. The van der Waals surface area contributed by atoms with Crippen LogP contribution in [0.25, 0.3) is 10.9 Å².